The van der Waals surface area contributed by atoms with E-state index in [1.807, 2.05) is 11.7 Å². The highest BCUT2D eigenvalue weighted by Crippen LogP contribution is 2.26. The zero-order valence-corrected chi connectivity index (χ0v) is 13.7. The summed E-state index contributed by atoms with van der Waals surface area (Å²) in [5.41, 5.74) is 2.31. The van der Waals surface area contributed by atoms with E-state index in [2.05, 4.69) is 32.9 Å². The summed E-state index contributed by atoms with van der Waals surface area (Å²) in [4.78, 5) is 13.1. The summed E-state index contributed by atoms with van der Waals surface area (Å²) >= 11 is 3.65. The standard InChI is InChI=1S/C14H22BrN3O2/c1-3-11-14(15)12(17(2)16-11)9-18-6-4-10(5-7-18)8-13(19)20/h10H,3-9H2,1-2H3,(H,19,20). The Morgan fingerprint density at radius 3 is 2.60 bits per heavy atom. The van der Waals surface area contributed by atoms with Gasteiger partial charge in [0, 0.05) is 20.0 Å². The number of rotatable bonds is 5. The fourth-order valence-electron chi connectivity index (χ4n) is 2.80. The summed E-state index contributed by atoms with van der Waals surface area (Å²) in [7, 11) is 1.98. The predicted molar refractivity (Wildman–Crippen MR) is 80.5 cm³/mol. The predicted octanol–water partition coefficient (Wildman–Crippen LogP) is 2.43. The van der Waals surface area contributed by atoms with Crippen LogP contribution in [0.5, 0.6) is 0 Å². The normalized spacial score (nSPS) is 17.6. The van der Waals surface area contributed by atoms with Crippen LogP contribution in [-0.2, 0) is 24.8 Å². The maximum Gasteiger partial charge on any atom is 0.303 e. The van der Waals surface area contributed by atoms with E-state index in [1.54, 1.807) is 0 Å². The Bertz CT molecular complexity index is 479. The highest BCUT2D eigenvalue weighted by atomic mass is 79.9. The van der Waals surface area contributed by atoms with Gasteiger partial charge in [-0.1, -0.05) is 6.92 Å². The van der Waals surface area contributed by atoms with Gasteiger partial charge < -0.3 is 5.11 Å². The molecule has 6 heteroatoms. The van der Waals surface area contributed by atoms with Gasteiger partial charge >= 0.3 is 5.97 Å². The van der Waals surface area contributed by atoms with Crippen LogP contribution in [0.3, 0.4) is 0 Å². The molecule has 1 saturated heterocycles. The molecule has 0 unspecified atom stereocenters. The van der Waals surface area contributed by atoms with Crippen molar-refractivity contribution in [2.24, 2.45) is 13.0 Å². The van der Waals surface area contributed by atoms with Crippen LogP contribution >= 0.6 is 15.9 Å². The minimum Gasteiger partial charge on any atom is -0.481 e. The summed E-state index contributed by atoms with van der Waals surface area (Å²) in [5, 5.41) is 13.4. The Morgan fingerprint density at radius 2 is 2.10 bits per heavy atom. The Hall–Kier alpha value is -0.880. The number of carboxylic acid groups (broad SMARTS) is 1. The van der Waals surface area contributed by atoms with Crippen LogP contribution in [0.4, 0.5) is 0 Å². The SMILES string of the molecule is CCc1nn(C)c(CN2CCC(CC(=O)O)CC2)c1Br. The van der Waals surface area contributed by atoms with E-state index in [9.17, 15) is 4.79 Å². The number of likely N-dealkylation sites (tertiary alicyclic amines) is 1. The number of hydrogen-bond acceptors (Lipinski definition) is 3. The number of hydrogen-bond donors (Lipinski definition) is 1. The molecule has 0 saturated carbocycles. The molecule has 2 rings (SSSR count). The topological polar surface area (TPSA) is 58.4 Å². The maximum absolute atomic E-state index is 10.7. The van der Waals surface area contributed by atoms with Crippen LogP contribution < -0.4 is 0 Å². The molecular formula is C14H22BrN3O2. The van der Waals surface area contributed by atoms with Gasteiger partial charge in [0.05, 0.1) is 15.9 Å². The van der Waals surface area contributed by atoms with E-state index in [1.165, 1.54) is 5.69 Å². The molecule has 1 aromatic rings. The molecule has 0 radical (unpaired) electrons. The Balaban J connectivity index is 1.93. The minimum absolute atomic E-state index is 0.309. The van der Waals surface area contributed by atoms with Crippen molar-refractivity contribution >= 4 is 21.9 Å². The molecule has 0 spiro atoms. The first-order valence-corrected chi connectivity index (χ1v) is 7.95. The number of carbonyl (C=O) groups is 1. The molecule has 0 aliphatic carbocycles. The third-order valence-corrected chi connectivity index (χ3v) is 4.96. The van der Waals surface area contributed by atoms with Gasteiger partial charge in [-0.15, -0.1) is 0 Å². The number of aryl methyl sites for hydroxylation is 2. The first-order chi connectivity index (χ1) is 9.51. The molecule has 112 valence electrons. The molecule has 20 heavy (non-hydrogen) atoms. The van der Waals surface area contributed by atoms with Crippen molar-refractivity contribution in [3.63, 3.8) is 0 Å². The van der Waals surface area contributed by atoms with E-state index in [4.69, 9.17) is 5.11 Å². The zero-order chi connectivity index (χ0) is 14.7. The number of aromatic nitrogens is 2. The maximum atomic E-state index is 10.7. The van der Waals surface area contributed by atoms with Gasteiger partial charge in [0.15, 0.2) is 0 Å². The highest BCUT2D eigenvalue weighted by molar-refractivity contribution is 9.10. The molecule has 5 nitrogen and oxygen atoms in total. The lowest BCUT2D eigenvalue weighted by atomic mass is 9.93. The fourth-order valence-corrected chi connectivity index (χ4v) is 3.54. The Labute approximate surface area is 128 Å². The van der Waals surface area contributed by atoms with Crippen LogP contribution in [0.15, 0.2) is 4.47 Å². The summed E-state index contributed by atoms with van der Waals surface area (Å²) in [6.45, 7) is 4.92. The zero-order valence-electron chi connectivity index (χ0n) is 12.1. The van der Waals surface area contributed by atoms with Gasteiger partial charge in [-0.3, -0.25) is 14.4 Å². The average molecular weight is 344 g/mol. The average Bonchev–Trinajstić information content (AvgIpc) is 2.67. The monoisotopic (exact) mass is 343 g/mol. The second-order valence-corrected chi connectivity index (χ2v) is 6.29. The van der Waals surface area contributed by atoms with Gasteiger partial charge in [0.25, 0.3) is 0 Å². The third kappa shape index (κ3) is 3.61. The van der Waals surface area contributed by atoms with Crippen molar-refractivity contribution in [3.05, 3.63) is 15.9 Å². The van der Waals surface area contributed by atoms with Crippen LogP contribution in [0.25, 0.3) is 0 Å². The van der Waals surface area contributed by atoms with E-state index >= 15 is 0 Å². The molecule has 0 bridgehead atoms. The summed E-state index contributed by atoms with van der Waals surface area (Å²) in [6, 6.07) is 0. The van der Waals surface area contributed by atoms with E-state index < -0.39 is 5.97 Å². The summed E-state index contributed by atoms with van der Waals surface area (Å²) in [6.07, 6.45) is 3.18. The largest absolute Gasteiger partial charge is 0.481 e. The third-order valence-electron chi connectivity index (χ3n) is 4.05. The number of halogens is 1. The molecule has 0 amide bonds. The van der Waals surface area contributed by atoms with Crippen LogP contribution in [0.2, 0.25) is 0 Å². The summed E-state index contributed by atoms with van der Waals surface area (Å²) in [5.74, 6) is -0.338. The molecule has 1 aliphatic rings. The van der Waals surface area contributed by atoms with Crippen LogP contribution in [0, 0.1) is 5.92 Å². The molecule has 1 aromatic heterocycles. The molecular weight excluding hydrogens is 322 g/mol. The van der Waals surface area contributed by atoms with Gasteiger partial charge in [0.2, 0.25) is 0 Å². The van der Waals surface area contributed by atoms with Gasteiger partial charge in [-0.05, 0) is 54.2 Å². The fraction of sp³-hybridized carbons (Fsp3) is 0.714. The second kappa shape index (κ2) is 6.72. The van der Waals surface area contributed by atoms with Gasteiger partial charge in [-0.2, -0.15) is 5.10 Å². The highest BCUT2D eigenvalue weighted by Gasteiger charge is 2.23. The Kier molecular flexibility index (Phi) is 5.21. The lowest BCUT2D eigenvalue weighted by molar-refractivity contribution is -0.138. The van der Waals surface area contributed by atoms with Crippen molar-refractivity contribution in [1.82, 2.24) is 14.7 Å². The quantitative estimate of drug-likeness (QED) is 0.891. The van der Waals surface area contributed by atoms with Crippen molar-refractivity contribution in [3.8, 4) is 0 Å². The van der Waals surface area contributed by atoms with Crippen LogP contribution in [-0.4, -0.2) is 38.8 Å². The number of aliphatic carboxylic acids is 1. The lowest BCUT2D eigenvalue weighted by Crippen LogP contribution is -2.34. The number of nitrogens with zero attached hydrogens (tertiary/aromatic N) is 3. The second-order valence-electron chi connectivity index (χ2n) is 5.50. The first kappa shape index (κ1) is 15.5. The van der Waals surface area contributed by atoms with Crippen molar-refractivity contribution in [2.75, 3.05) is 13.1 Å². The van der Waals surface area contributed by atoms with E-state index in [0.717, 1.165) is 49.1 Å². The van der Waals surface area contributed by atoms with Gasteiger partial charge in [-0.25, -0.2) is 0 Å². The van der Waals surface area contributed by atoms with Crippen molar-refractivity contribution < 1.29 is 9.90 Å². The summed E-state index contributed by atoms with van der Waals surface area (Å²) < 4.78 is 3.07. The first-order valence-electron chi connectivity index (χ1n) is 7.15. The van der Waals surface area contributed by atoms with Crippen molar-refractivity contribution in [2.45, 2.75) is 39.2 Å². The molecule has 2 heterocycles. The lowest BCUT2D eigenvalue weighted by Gasteiger charge is -2.31. The molecule has 1 fully saturated rings. The molecule has 1 N–H and O–H groups in total. The van der Waals surface area contributed by atoms with Gasteiger partial charge in [0.1, 0.15) is 0 Å². The van der Waals surface area contributed by atoms with Crippen LogP contribution in [0.1, 0.15) is 37.6 Å². The number of carboxylic acids is 1. The molecule has 1 aliphatic heterocycles. The molecule has 0 atom stereocenters. The number of piperidine rings is 1. The van der Waals surface area contributed by atoms with Crippen molar-refractivity contribution in [1.29, 1.82) is 0 Å². The van der Waals surface area contributed by atoms with E-state index in [0.29, 0.717) is 12.3 Å². The van der Waals surface area contributed by atoms with E-state index in [-0.39, 0.29) is 0 Å². The minimum atomic E-state index is -0.676. The Morgan fingerprint density at radius 1 is 1.45 bits per heavy atom. The smallest absolute Gasteiger partial charge is 0.303 e. The molecule has 0 aromatic carbocycles.